The topological polar surface area (TPSA) is 166 Å². The monoisotopic (exact) mass is 806 g/mol. The highest BCUT2D eigenvalue weighted by Crippen LogP contribution is 2.44. The first kappa shape index (κ1) is 44.8. The maximum Gasteiger partial charge on any atom is 0.407 e. The smallest absolute Gasteiger partial charge is 0.407 e. The second kappa shape index (κ2) is 21.1. The Morgan fingerprint density at radius 3 is 1.90 bits per heavy atom. The molecule has 0 heterocycles. The lowest BCUT2D eigenvalue weighted by Crippen LogP contribution is -2.57. The van der Waals surface area contributed by atoms with Crippen LogP contribution in [0.1, 0.15) is 89.8 Å². The van der Waals surface area contributed by atoms with Gasteiger partial charge in [-0.05, 0) is 69.2 Å². The molecule has 0 radical (unpaired) electrons. The summed E-state index contributed by atoms with van der Waals surface area (Å²) in [4.78, 5) is 55.1. The summed E-state index contributed by atoms with van der Waals surface area (Å²) in [5.74, 6) is -1.57. The van der Waals surface area contributed by atoms with E-state index in [1.165, 1.54) is 0 Å². The van der Waals surface area contributed by atoms with Crippen LogP contribution < -0.4 is 21.3 Å². The van der Waals surface area contributed by atoms with E-state index < -0.39 is 54.1 Å². The van der Waals surface area contributed by atoms with Gasteiger partial charge in [-0.1, -0.05) is 139 Å². The molecule has 11 nitrogen and oxygen atoms in total. The zero-order valence-corrected chi connectivity index (χ0v) is 35.2. The molecule has 5 rings (SSSR count). The highest BCUT2D eigenvalue weighted by atomic mass is 16.5. The van der Waals surface area contributed by atoms with E-state index in [0.717, 1.165) is 45.0 Å². The van der Waals surface area contributed by atoms with Crippen LogP contribution in [0.5, 0.6) is 0 Å². The summed E-state index contributed by atoms with van der Waals surface area (Å²) < 4.78 is 5.88. The fourth-order valence-corrected chi connectivity index (χ4v) is 8.01. The quantitative estimate of drug-likeness (QED) is 0.0584. The van der Waals surface area contributed by atoms with Crippen molar-refractivity contribution in [1.82, 2.24) is 21.3 Å². The molecule has 59 heavy (non-hydrogen) atoms. The standard InChI is InChI=1S/C48H62N4O7/c1-7-31(6)43(27-53)49-45(55)26-44(54)40(23-29(2)3)50-46(56)41(24-30(4)5)51-47(57)42(25-33-17-14-16-32-15-8-9-18-34(32)33)52-48(58)59-28-39-37-21-12-10-19-35(37)36-20-11-13-22-38(36)39/h8-22,29-31,39-44,53-54H,7,23-28H2,1-6H3,(H,49,55)(H,50,56)(H,51,57)(H,52,58)/t31-,40-,41-,42-,43+,44-/m0/s1. The molecule has 4 amide bonds. The number of rotatable bonds is 20. The first-order chi connectivity index (χ1) is 28.3. The minimum atomic E-state index is -1.22. The summed E-state index contributed by atoms with van der Waals surface area (Å²) in [6, 6.07) is 26.4. The van der Waals surface area contributed by atoms with Crippen molar-refractivity contribution in [2.24, 2.45) is 17.8 Å². The average molecular weight is 807 g/mol. The zero-order valence-electron chi connectivity index (χ0n) is 35.2. The van der Waals surface area contributed by atoms with Gasteiger partial charge in [0.15, 0.2) is 0 Å². The molecule has 6 atom stereocenters. The van der Waals surface area contributed by atoms with E-state index in [0.29, 0.717) is 6.42 Å². The van der Waals surface area contributed by atoms with Crippen molar-refractivity contribution >= 4 is 34.6 Å². The number of ether oxygens (including phenoxy) is 1. The van der Waals surface area contributed by atoms with Gasteiger partial charge in [0.25, 0.3) is 0 Å². The molecule has 0 saturated heterocycles. The van der Waals surface area contributed by atoms with Crippen LogP contribution in [-0.2, 0) is 25.5 Å². The highest BCUT2D eigenvalue weighted by Gasteiger charge is 2.33. The van der Waals surface area contributed by atoms with Gasteiger partial charge in [0.2, 0.25) is 17.7 Å². The van der Waals surface area contributed by atoms with E-state index >= 15 is 0 Å². The number of benzene rings is 4. The van der Waals surface area contributed by atoms with Crippen molar-refractivity contribution in [3.8, 4) is 11.1 Å². The van der Waals surface area contributed by atoms with E-state index in [9.17, 15) is 29.4 Å². The molecule has 0 aromatic heterocycles. The molecule has 0 unspecified atom stereocenters. The summed E-state index contributed by atoms with van der Waals surface area (Å²) in [6.07, 6.45) is -0.709. The maximum absolute atomic E-state index is 14.4. The Hall–Kier alpha value is -5.26. The number of aliphatic hydroxyl groups excluding tert-OH is 2. The summed E-state index contributed by atoms with van der Waals surface area (Å²) >= 11 is 0. The first-order valence-corrected chi connectivity index (χ1v) is 21.1. The highest BCUT2D eigenvalue weighted by molar-refractivity contribution is 5.93. The number of carbonyl (C=O) groups excluding carboxylic acids is 4. The van der Waals surface area contributed by atoms with Crippen molar-refractivity contribution in [3.63, 3.8) is 0 Å². The van der Waals surface area contributed by atoms with Gasteiger partial charge >= 0.3 is 6.09 Å². The average Bonchev–Trinajstić information content (AvgIpc) is 3.54. The van der Waals surface area contributed by atoms with E-state index in [1.54, 1.807) is 0 Å². The molecule has 11 heteroatoms. The number of alkyl carbamates (subject to hydrolysis) is 1. The summed E-state index contributed by atoms with van der Waals surface area (Å²) in [6.45, 7) is 11.5. The van der Waals surface area contributed by atoms with E-state index in [1.807, 2.05) is 120 Å². The number of amides is 4. The van der Waals surface area contributed by atoms with Crippen molar-refractivity contribution in [2.75, 3.05) is 13.2 Å². The molecule has 4 aromatic rings. The van der Waals surface area contributed by atoms with Crippen LogP contribution in [-0.4, -0.2) is 77.5 Å². The minimum absolute atomic E-state index is 0.00659. The molecule has 6 N–H and O–H groups in total. The Morgan fingerprint density at radius 1 is 0.678 bits per heavy atom. The first-order valence-electron chi connectivity index (χ1n) is 21.1. The second-order valence-electron chi connectivity index (χ2n) is 16.8. The number of aliphatic hydroxyl groups is 2. The van der Waals surface area contributed by atoms with E-state index in [2.05, 4.69) is 33.4 Å². The van der Waals surface area contributed by atoms with Crippen LogP contribution in [0.4, 0.5) is 4.79 Å². The summed E-state index contributed by atoms with van der Waals surface area (Å²) in [7, 11) is 0. The van der Waals surface area contributed by atoms with Gasteiger partial charge in [-0.2, -0.15) is 0 Å². The minimum Gasteiger partial charge on any atom is -0.449 e. The Bertz CT molecular complexity index is 2000. The van der Waals surface area contributed by atoms with Crippen LogP contribution in [0, 0.1) is 17.8 Å². The molecule has 4 aromatic carbocycles. The van der Waals surface area contributed by atoms with Gasteiger partial charge in [0, 0.05) is 12.3 Å². The third-order valence-electron chi connectivity index (χ3n) is 11.4. The molecular weight excluding hydrogens is 745 g/mol. The van der Waals surface area contributed by atoms with Crippen LogP contribution in [0.25, 0.3) is 21.9 Å². The summed E-state index contributed by atoms with van der Waals surface area (Å²) in [5.41, 5.74) is 5.17. The summed E-state index contributed by atoms with van der Waals surface area (Å²) in [5, 5.41) is 34.5. The normalized spacial score (nSPS) is 15.4. The van der Waals surface area contributed by atoms with Crippen LogP contribution >= 0.6 is 0 Å². The van der Waals surface area contributed by atoms with Crippen molar-refractivity contribution in [1.29, 1.82) is 0 Å². The fraction of sp³-hybridized carbons (Fsp3) is 0.458. The van der Waals surface area contributed by atoms with Crippen LogP contribution in [0.2, 0.25) is 0 Å². The molecular formula is C48H62N4O7. The molecule has 0 fully saturated rings. The number of hydrogen-bond acceptors (Lipinski definition) is 7. The SMILES string of the molecule is CC[C@H](C)[C@@H](CO)NC(=O)C[C@H](O)[C@H](CC(C)C)NC(=O)[C@H](CC(C)C)NC(=O)[C@H](Cc1cccc2ccccc12)NC(=O)OCC1c2ccccc2-c2ccccc21. The zero-order chi connectivity index (χ0) is 42.6. The van der Waals surface area contributed by atoms with Crippen LogP contribution in [0.3, 0.4) is 0 Å². The molecule has 1 aliphatic carbocycles. The van der Waals surface area contributed by atoms with E-state index in [-0.39, 0.29) is 56.1 Å². The van der Waals surface area contributed by atoms with Gasteiger partial charge in [-0.25, -0.2) is 4.79 Å². The number of hydrogen-bond donors (Lipinski definition) is 6. The van der Waals surface area contributed by atoms with E-state index in [4.69, 9.17) is 4.74 Å². The van der Waals surface area contributed by atoms with Crippen molar-refractivity contribution in [2.45, 2.75) is 110 Å². The van der Waals surface area contributed by atoms with Crippen molar-refractivity contribution < 1.29 is 34.1 Å². The molecule has 316 valence electrons. The van der Waals surface area contributed by atoms with Gasteiger partial charge in [0.05, 0.1) is 31.2 Å². The van der Waals surface area contributed by atoms with Crippen molar-refractivity contribution in [3.05, 3.63) is 108 Å². The predicted molar refractivity (Wildman–Crippen MR) is 232 cm³/mol. The third kappa shape index (κ3) is 11.9. The maximum atomic E-state index is 14.4. The fourth-order valence-electron chi connectivity index (χ4n) is 8.01. The molecule has 0 saturated carbocycles. The van der Waals surface area contributed by atoms with Gasteiger partial charge in [0.1, 0.15) is 18.7 Å². The van der Waals surface area contributed by atoms with Gasteiger partial charge in [-0.3, -0.25) is 14.4 Å². The predicted octanol–water partition coefficient (Wildman–Crippen LogP) is 6.63. The Labute approximate surface area is 348 Å². The Kier molecular flexibility index (Phi) is 16.1. The Balaban J connectivity index is 1.33. The number of fused-ring (bicyclic) bond motifs is 4. The van der Waals surface area contributed by atoms with Crippen LogP contribution in [0.15, 0.2) is 91.0 Å². The molecule has 0 bridgehead atoms. The lowest BCUT2D eigenvalue weighted by Gasteiger charge is -2.30. The second-order valence-corrected chi connectivity index (χ2v) is 16.8. The molecule has 0 spiro atoms. The van der Waals surface area contributed by atoms with Gasteiger partial charge in [-0.15, -0.1) is 0 Å². The molecule has 0 aliphatic heterocycles. The Morgan fingerprint density at radius 2 is 1.27 bits per heavy atom. The number of carbonyl (C=O) groups is 4. The lowest BCUT2D eigenvalue weighted by atomic mass is 9.95. The number of nitrogens with one attached hydrogen (secondary N) is 4. The third-order valence-corrected chi connectivity index (χ3v) is 11.4. The molecule has 1 aliphatic rings. The largest absolute Gasteiger partial charge is 0.449 e. The lowest BCUT2D eigenvalue weighted by molar-refractivity contribution is -0.132. The van der Waals surface area contributed by atoms with Gasteiger partial charge < -0.3 is 36.2 Å².